The van der Waals surface area contributed by atoms with Crippen LogP contribution in [0.15, 0.2) is 48.7 Å². The summed E-state index contributed by atoms with van der Waals surface area (Å²) in [6.45, 7) is 4.26. The fraction of sp³-hybridized carbons (Fsp3) is 0.318. The quantitative estimate of drug-likeness (QED) is 0.578. The highest BCUT2D eigenvalue weighted by molar-refractivity contribution is 5.86. The number of rotatable bonds is 4. The molecule has 5 rings (SSSR count). The van der Waals surface area contributed by atoms with E-state index in [1.807, 2.05) is 47.7 Å². The number of hydrogen-bond donors (Lipinski definition) is 1. The molecule has 3 aromatic heterocycles. The number of nitrogens with zero attached hydrogens (tertiary/aromatic N) is 5. The Balaban J connectivity index is 1.53. The first-order valence-electron chi connectivity index (χ1n) is 9.75. The summed E-state index contributed by atoms with van der Waals surface area (Å²) in [5.41, 5.74) is 2.88. The summed E-state index contributed by atoms with van der Waals surface area (Å²) >= 11 is 0. The standard InChI is InChI=1S/C22H23N5O2/c1-22(28)10-11-26(14-22)12-15-6-9-19-24-25-21(27(19)13-15)17-8-7-16-4-3-5-18(29-2)20(16)23-17/h3-9,13,28H,10-12,14H2,1-2H3. The van der Waals surface area contributed by atoms with Crippen molar-refractivity contribution in [1.29, 1.82) is 0 Å². The van der Waals surface area contributed by atoms with Crippen molar-refractivity contribution >= 4 is 16.6 Å². The lowest BCUT2D eigenvalue weighted by atomic mass is 10.1. The van der Waals surface area contributed by atoms with Gasteiger partial charge < -0.3 is 9.84 Å². The molecule has 1 atom stereocenters. The van der Waals surface area contributed by atoms with Gasteiger partial charge in [0.05, 0.1) is 12.7 Å². The Bertz CT molecular complexity index is 1200. The predicted octanol–water partition coefficient (Wildman–Crippen LogP) is 2.91. The maximum Gasteiger partial charge on any atom is 0.187 e. The minimum Gasteiger partial charge on any atom is -0.494 e. The Kier molecular flexibility index (Phi) is 4.22. The van der Waals surface area contributed by atoms with Crippen molar-refractivity contribution in [2.24, 2.45) is 0 Å². The molecule has 0 bridgehead atoms. The number of aliphatic hydroxyl groups is 1. The van der Waals surface area contributed by atoms with Crippen LogP contribution in [0.2, 0.25) is 0 Å². The van der Waals surface area contributed by atoms with Gasteiger partial charge in [0.1, 0.15) is 17.0 Å². The van der Waals surface area contributed by atoms with E-state index in [9.17, 15) is 5.11 Å². The molecule has 1 N–H and O–H groups in total. The number of aromatic nitrogens is 4. The van der Waals surface area contributed by atoms with E-state index in [1.54, 1.807) is 7.11 Å². The predicted molar refractivity (Wildman–Crippen MR) is 111 cm³/mol. The lowest BCUT2D eigenvalue weighted by Crippen LogP contribution is -2.29. The zero-order valence-electron chi connectivity index (χ0n) is 16.5. The second-order valence-corrected chi connectivity index (χ2v) is 7.98. The number of pyridine rings is 2. The van der Waals surface area contributed by atoms with Crippen LogP contribution in [-0.4, -0.2) is 55.4 Å². The Morgan fingerprint density at radius 3 is 2.83 bits per heavy atom. The molecule has 0 radical (unpaired) electrons. The Hall–Kier alpha value is -3.03. The van der Waals surface area contributed by atoms with Crippen LogP contribution in [0.1, 0.15) is 18.9 Å². The highest BCUT2D eigenvalue weighted by atomic mass is 16.5. The number of likely N-dealkylation sites (tertiary alicyclic amines) is 1. The Labute approximate surface area is 168 Å². The largest absolute Gasteiger partial charge is 0.494 e. The van der Waals surface area contributed by atoms with Crippen LogP contribution in [0, 0.1) is 0 Å². The Morgan fingerprint density at radius 2 is 2.03 bits per heavy atom. The van der Waals surface area contributed by atoms with Crippen LogP contribution in [-0.2, 0) is 6.54 Å². The van der Waals surface area contributed by atoms with E-state index in [0.717, 1.165) is 53.1 Å². The monoisotopic (exact) mass is 389 g/mol. The first-order chi connectivity index (χ1) is 14.0. The second kappa shape index (κ2) is 6.79. The summed E-state index contributed by atoms with van der Waals surface area (Å²) in [7, 11) is 1.65. The van der Waals surface area contributed by atoms with E-state index in [-0.39, 0.29) is 0 Å². The summed E-state index contributed by atoms with van der Waals surface area (Å²) < 4.78 is 7.45. The van der Waals surface area contributed by atoms with Crippen molar-refractivity contribution in [3.05, 3.63) is 54.2 Å². The van der Waals surface area contributed by atoms with Crippen molar-refractivity contribution in [3.63, 3.8) is 0 Å². The van der Waals surface area contributed by atoms with Gasteiger partial charge >= 0.3 is 0 Å². The normalized spacial score (nSPS) is 20.0. The first kappa shape index (κ1) is 18.0. The summed E-state index contributed by atoms with van der Waals surface area (Å²) in [5.74, 6) is 1.43. The molecule has 4 aromatic rings. The van der Waals surface area contributed by atoms with Gasteiger partial charge in [0, 0.05) is 31.2 Å². The third-order valence-electron chi connectivity index (χ3n) is 5.53. The number of benzene rings is 1. The summed E-state index contributed by atoms with van der Waals surface area (Å²) in [6.07, 6.45) is 2.86. The summed E-state index contributed by atoms with van der Waals surface area (Å²) in [5, 5.41) is 19.9. The van der Waals surface area contributed by atoms with Gasteiger partial charge in [-0.15, -0.1) is 10.2 Å². The van der Waals surface area contributed by atoms with Crippen molar-refractivity contribution in [3.8, 4) is 17.3 Å². The molecular weight excluding hydrogens is 366 g/mol. The second-order valence-electron chi connectivity index (χ2n) is 7.98. The van der Waals surface area contributed by atoms with Crippen LogP contribution >= 0.6 is 0 Å². The van der Waals surface area contributed by atoms with E-state index < -0.39 is 5.60 Å². The molecule has 1 saturated heterocycles. The molecule has 0 aliphatic carbocycles. The number of ether oxygens (including phenoxy) is 1. The molecule has 1 fully saturated rings. The molecule has 1 aliphatic heterocycles. The number of hydrogen-bond acceptors (Lipinski definition) is 6. The van der Waals surface area contributed by atoms with E-state index in [2.05, 4.69) is 27.4 Å². The van der Waals surface area contributed by atoms with Crippen LogP contribution < -0.4 is 4.74 Å². The molecule has 1 unspecified atom stereocenters. The van der Waals surface area contributed by atoms with Gasteiger partial charge in [-0.05, 0) is 37.1 Å². The highest BCUT2D eigenvalue weighted by Gasteiger charge is 2.31. The number of β-amino-alcohol motifs (C(OH)–C–C–N with tert-alkyl or cyclic N) is 1. The SMILES string of the molecule is COc1cccc2ccc(-c3nnc4ccc(CN5CCC(C)(O)C5)cn34)nc12. The maximum atomic E-state index is 10.2. The molecule has 7 nitrogen and oxygen atoms in total. The van der Waals surface area contributed by atoms with Crippen LogP contribution in [0.3, 0.4) is 0 Å². The lowest BCUT2D eigenvalue weighted by Gasteiger charge is -2.18. The van der Waals surface area contributed by atoms with Crippen molar-refractivity contribution in [1.82, 2.24) is 24.5 Å². The van der Waals surface area contributed by atoms with Gasteiger partial charge in [-0.25, -0.2) is 4.98 Å². The molecule has 1 aromatic carbocycles. The van der Waals surface area contributed by atoms with Gasteiger partial charge in [0.15, 0.2) is 11.5 Å². The fourth-order valence-electron chi connectivity index (χ4n) is 4.04. The average Bonchev–Trinajstić information content (AvgIpc) is 3.29. The molecule has 0 amide bonds. The maximum absolute atomic E-state index is 10.2. The van der Waals surface area contributed by atoms with Gasteiger partial charge in [-0.3, -0.25) is 9.30 Å². The molecular formula is C22H23N5O2. The van der Waals surface area contributed by atoms with Crippen molar-refractivity contribution in [2.75, 3.05) is 20.2 Å². The van der Waals surface area contributed by atoms with Crippen molar-refractivity contribution < 1.29 is 9.84 Å². The minimum atomic E-state index is -0.597. The third kappa shape index (κ3) is 3.32. The van der Waals surface area contributed by atoms with E-state index in [0.29, 0.717) is 12.4 Å². The number of fused-ring (bicyclic) bond motifs is 2. The molecule has 148 valence electrons. The number of methoxy groups -OCH3 is 1. The van der Waals surface area contributed by atoms with Gasteiger partial charge in [-0.2, -0.15) is 0 Å². The topological polar surface area (TPSA) is 75.8 Å². The highest BCUT2D eigenvalue weighted by Crippen LogP contribution is 2.27. The molecule has 29 heavy (non-hydrogen) atoms. The Morgan fingerprint density at radius 1 is 1.14 bits per heavy atom. The average molecular weight is 389 g/mol. The number of para-hydroxylation sites is 1. The smallest absolute Gasteiger partial charge is 0.187 e. The van der Waals surface area contributed by atoms with Crippen LogP contribution in [0.4, 0.5) is 0 Å². The van der Waals surface area contributed by atoms with Crippen LogP contribution in [0.5, 0.6) is 5.75 Å². The fourth-order valence-corrected chi connectivity index (χ4v) is 4.04. The molecule has 0 spiro atoms. The minimum absolute atomic E-state index is 0.597. The van der Waals surface area contributed by atoms with Gasteiger partial charge in [0.2, 0.25) is 0 Å². The summed E-state index contributed by atoms with van der Waals surface area (Å²) in [4.78, 5) is 7.07. The summed E-state index contributed by atoms with van der Waals surface area (Å²) in [6, 6.07) is 13.9. The third-order valence-corrected chi connectivity index (χ3v) is 5.53. The van der Waals surface area contributed by atoms with Crippen LogP contribution in [0.25, 0.3) is 28.1 Å². The van der Waals surface area contributed by atoms with E-state index in [4.69, 9.17) is 9.72 Å². The zero-order chi connectivity index (χ0) is 20.0. The van der Waals surface area contributed by atoms with E-state index >= 15 is 0 Å². The van der Waals surface area contributed by atoms with Gasteiger partial charge in [0.25, 0.3) is 0 Å². The molecule has 1 aliphatic rings. The molecule has 0 saturated carbocycles. The first-order valence-corrected chi connectivity index (χ1v) is 9.75. The zero-order valence-corrected chi connectivity index (χ0v) is 16.5. The molecule has 7 heteroatoms. The molecule has 4 heterocycles. The van der Waals surface area contributed by atoms with E-state index in [1.165, 1.54) is 0 Å². The van der Waals surface area contributed by atoms with Gasteiger partial charge in [-0.1, -0.05) is 24.3 Å². The van der Waals surface area contributed by atoms with Crippen molar-refractivity contribution in [2.45, 2.75) is 25.5 Å². The lowest BCUT2D eigenvalue weighted by molar-refractivity contribution is 0.0679.